The third-order valence-electron chi connectivity index (χ3n) is 4.58. The number of benzene rings is 1. The molecule has 3 amide bonds. The molecule has 1 aliphatic rings. The van der Waals surface area contributed by atoms with Crippen molar-refractivity contribution in [2.45, 2.75) is 38.6 Å². The molecule has 8 nitrogen and oxygen atoms in total. The quantitative estimate of drug-likeness (QED) is 0.655. The van der Waals surface area contributed by atoms with Gasteiger partial charge in [0.15, 0.2) is 0 Å². The molecule has 0 atom stereocenters. The van der Waals surface area contributed by atoms with Crippen molar-refractivity contribution in [1.29, 1.82) is 0 Å². The lowest BCUT2D eigenvalue weighted by molar-refractivity contribution is -0.129. The van der Waals surface area contributed by atoms with Crippen LogP contribution in [0.3, 0.4) is 0 Å². The topological polar surface area (TPSA) is 97.0 Å². The molecule has 1 aromatic rings. The lowest BCUT2D eigenvalue weighted by Crippen LogP contribution is -2.47. The molecule has 1 aromatic carbocycles. The number of carbonyl (C=O) groups is 3. The third-order valence-corrected chi connectivity index (χ3v) is 4.58. The number of methoxy groups -OCH3 is 1. The van der Waals surface area contributed by atoms with Crippen molar-refractivity contribution in [3.8, 4) is 5.75 Å². The normalized spacial score (nSPS) is 14.3. The number of likely N-dealkylation sites (tertiary alicyclic amines) is 1. The third kappa shape index (κ3) is 7.09. The van der Waals surface area contributed by atoms with E-state index in [2.05, 4.69) is 10.6 Å². The number of rotatable bonds is 8. The van der Waals surface area contributed by atoms with Gasteiger partial charge in [0.2, 0.25) is 11.8 Å². The number of hydrogen-bond donors (Lipinski definition) is 2. The second-order valence-electron chi connectivity index (χ2n) is 6.66. The number of nitrogens with zero attached hydrogens (tertiary/aromatic N) is 1. The summed E-state index contributed by atoms with van der Waals surface area (Å²) in [5.74, 6) is 0.176. The maximum Gasteiger partial charge on any atom is 0.409 e. The molecule has 154 valence electrons. The number of nitrogens with one attached hydrogen (secondary N) is 2. The first-order valence-corrected chi connectivity index (χ1v) is 9.62. The molecule has 2 rings (SSSR count). The van der Waals surface area contributed by atoms with E-state index in [-0.39, 0.29) is 30.4 Å². The minimum Gasteiger partial charge on any atom is -0.497 e. The van der Waals surface area contributed by atoms with Gasteiger partial charge in [0.05, 0.1) is 13.7 Å². The maximum atomic E-state index is 12.1. The van der Waals surface area contributed by atoms with Crippen LogP contribution in [0.25, 0.3) is 0 Å². The van der Waals surface area contributed by atoms with E-state index in [4.69, 9.17) is 9.47 Å². The Balaban J connectivity index is 1.63. The SMILES string of the molecule is CCOC(=O)N1CCC(NC(=O)CC(=O)NCCc2cccc(OC)c2)CC1. The molecule has 0 spiro atoms. The van der Waals surface area contributed by atoms with Crippen LogP contribution in [0.5, 0.6) is 5.75 Å². The van der Waals surface area contributed by atoms with Crippen molar-refractivity contribution in [2.24, 2.45) is 0 Å². The van der Waals surface area contributed by atoms with E-state index >= 15 is 0 Å². The Hall–Kier alpha value is -2.77. The van der Waals surface area contributed by atoms with Gasteiger partial charge in [-0.3, -0.25) is 9.59 Å². The lowest BCUT2D eigenvalue weighted by atomic mass is 10.1. The van der Waals surface area contributed by atoms with Crippen molar-refractivity contribution >= 4 is 17.9 Å². The van der Waals surface area contributed by atoms with Gasteiger partial charge in [-0.05, 0) is 43.9 Å². The zero-order valence-corrected chi connectivity index (χ0v) is 16.5. The summed E-state index contributed by atoms with van der Waals surface area (Å²) in [6, 6.07) is 7.62. The highest BCUT2D eigenvalue weighted by atomic mass is 16.6. The van der Waals surface area contributed by atoms with Gasteiger partial charge in [-0.1, -0.05) is 12.1 Å². The van der Waals surface area contributed by atoms with E-state index in [1.165, 1.54) is 0 Å². The fourth-order valence-corrected chi connectivity index (χ4v) is 3.08. The standard InChI is InChI=1S/C20H29N3O5/c1-3-28-20(26)23-11-8-16(9-12-23)22-19(25)14-18(24)21-10-7-15-5-4-6-17(13-15)27-2/h4-6,13,16H,3,7-12,14H2,1-2H3,(H,21,24)(H,22,25). The maximum absolute atomic E-state index is 12.1. The molecule has 0 unspecified atom stereocenters. The van der Waals surface area contributed by atoms with Crippen LogP contribution in [0, 0.1) is 0 Å². The van der Waals surface area contributed by atoms with E-state index in [9.17, 15) is 14.4 Å². The molecular formula is C20H29N3O5. The largest absolute Gasteiger partial charge is 0.497 e. The lowest BCUT2D eigenvalue weighted by Gasteiger charge is -2.31. The molecule has 8 heteroatoms. The summed E-state index contributed by atoms with van der Waals surface area (Å²) in [5.41, 5.74) is 1.05. The molecule has 1 fully saturated rings. The van der Waals surface area contributed by atoms with Crippen LogP contribution in [0.15, 0.2) is 24.3 Å². The van der Waals surface area contributed by atoms with E-state index < -0.39 is 0 Å². The molecule has 0 aromatic heterocycles. The van der Waals surface area contributed by atoms with E-state index in [1.807, 2.05) is 24.3 Å². The first-order valence-electron chi connectivity index (χ1n) is 9.62. The van der Waals surface area contributed by atoms with Crippen LogP contribution in [-0.4, -0.2) is 62.2 Å². The Morgan fingerprint density at radius 3 is 2.61 bits per heavy atom. The number of piperidine rings is 1. The van der Waals surface area contributed by atoms with Crippen LogP contribution in [0.4, 0.5) is 4.79 Å². The van der Waals surface area contributed by atoms with Crippen molar-refractivity contribution < 1.29 is 23.9 Å². The first kappa shape index (κ1) is 21.5. The van der Waals surface area contributed by atoms with Crippen LogP contribution >= 0.6 is 0 Å². The summed E-state index contributed by atoms with van der Waals surface area (Å²) in [5, 5.41) is 5.63. The molecule has 1 aliphatic heterocycles. The monoisotopic (exact) mass is 391 g/mol. The number of amides is 3. The fourth-order valence-electron chi connectivity index (χ4n) is 3.08. The molecule has 28 heavy (non-hydrogen) atoms. The summed E-state index contributed by atoms with van der Waals surface area (Å²) in [6.07, 6.45) is 1.46. The minimum atomic E-state index is -0.317. The fraction of sp³-hybridized carbons (Fsp3) is 0.550. The predicted molar refractivity (Wildman–Crippen MR) is 104 cm³/mol. The Bertz CT molecular complexity index is 672. The van der Waals surface area contributed by atoms with Gasteiger partial charge >= 0.3 is 6.09 Å². The van der Waals surface area contributed by atoms with Crippen LogP contribution in [0.1, 0.15) is 31.7 Å². The van der Waals surface area contributed by atoms with Gasteiger partial charge < -0.3 is 25.0 Å². The summed E-state index contributed by atoms with van der Waals surface area (Å²) in [4.78, 5) is 37.3. The van der Waals surface area contributed by atoms with Crippen molar-refractivity contribution in [3.63, 3.8) is 0 Å². The van der Waals surface area contributed by atoms with Crippen molar-refractivity contribution in [3.05, 3.63) is 29.8 Å². The summed E-state index contributed by atoms with van der Waals surface area (Å²) in [7, 11) is 1.61. The van der Waals surface area contributed by atoms with Gasteiger partial charge in [-0.2, -0.15) is 0 Å². The number of carbonyl (C=O) groups excluding carboxylic acids is 3. The highest BCUT2D eigenvalue weighted by Gasteiger charge is 2.24. The van der Waals surface area contributed by atoms with E-state index in [0.717, 1.165) is 11.3 Å². The first-order chi connectivity index (χ1) is 13.5. The van der Waals surface area contributed by atoms with Crippen LogP contribution < -0.4 is 15.4 Å². The second kappa shape index (κ2) is 11.2. The molecule has 1 saturated heterocycles. The average Bonchev–Trinajstić information content (AvgIpc) is 2.68. The van der Waals surface area contributed by atoms with E-state index in [1.54, 1.807) is 18.9 Å². The smallest absolute Gasteiger partial charge is 0.409 e. The minimum absolute atomic E-state index is 0.0252. The van der Waals surface area contributed by atoms with Gasteiger partial charge in [0.1, 0.15) is 12.2 Å². The Morgan fingerprint density at radius 1 is 1.18 bits per heavy atom. The Kier molecular flexibility index (Phi) is 8.58. The van der Waals surface area contributed by atoms with Crippen molar-refractivity contribution in [2.75, 3.05) is 33.4 Å². The molecule has 2 N–H and O–H groups in total. The highest BCUT2D eigenvalue weighted by Crippen LogP contribution is 2.13. The predicted octanol–water partition coefficient (Wildman–Crippen LogP) is 1.48. The van der Waals surface area contributed by atoms with Gasteiger partial charge in [0.25, 0.3) is 0 Å². The second-order valence-corrected chi connectivity index (χ2v) is 6.66. The molecular weight excluding hydrogens is 362 g/mol. The van der Waals surface area contributed by atoms with Crippen molar-refractivity contribution in [1.82, 2.24) is 15.5 Å². The number of ether oxygens (including phenoxy) is 2. The molecule has 0 aliphatic carbocycles. The zero-order chi connectivity index (χ0) is 20.4. The Labute approximate surface area is 165 Å². The zero-order valence-electron chi connectivity index (χ0n) is 16.5. The highest BCUT2D eigenvalue weighted by molar-refractivity contribution is 5.96. The molecule has 1 heterocycles. The van der Waals surface area contributed by atoms with Crippen LogP contribution in [0.2, 0.25) is 0 Å². The van der Waals surface area contributed by atoms with Crippen LogP contribution in [-0.2, 0) is 20.7 Å². The molecule has 0 saturated carbocycles. The number of hydrogen-bond acceptors (Lipinski definition) is 5. The van der Waals surface area contributed by atoms with Gasteiger partial charge in [0, 0.05) is 25.7 Å². The summed E-state index contributed by atoms with van der Waals surface area (Å²) < 4.78 is 10.1. The Morgan fingerprint density at radius 2 is 1.93 bits per heavy atom. The average molecular weight is 391 g/mol. The molecule has 0 radical (unpaired) electrons. The van der Waals surface area contributed by atoms with Gasteiger partial charge in [-0.25, -0.2) is 4.79 Å². The van der Waals surface area contributed by atoms with E-state index in [0.29, 0.717) is 45.5 Å². The summed E-state index contributed by atoms with van der Waals surface area (Å²) in [6.45, 7) is 3.65. The summed E-state index contributed by atoms with van der Waals surface area (Å²) >= 11 is 0. The molecule has 0 bridgehead atoms. The van der Waals surface area contributed by atoms with Gasteiger partial charge in [-0.15, -0.1) is 0 Å².